The zero-order valence-electron chi connectivity index (χ0n) is 15.0. The van der Waals surface area contributed by atoms with Crippen molar-refractivity contribution in [2.75, 3.05) is 6.61 Å². The summed E-state index contributed by atoms with van der Waals surface area (Å²) >= 11 is 0. The Bertz CT molecular complexity index is 483. The molecular formula is C19H30O5. The van der Waals surface area contributed by atoms with E-state index in [1.807, 2.05) is 20.8 Å². The Balaban J connectivity index is 2.17. The summed E-state index contributed by atoms with van der Waals surface area (Å²) in [4.78, 5) is 11.6. The number of ether oxygens (including phenoxy) is 2. The second kappa shape index (κ2) is 10.3. The normalized spacial score (nSPS) is 11.4. The van der Waals surface area contributed by atoms with E-state index in [4.69, 9.17) is 9.47 Å². The lowest BCUT2D eigenvalue weighted by Crippen LogP contribution is -2.23. The highest BCUT2D eigenvalue weighted by molar-refractivity contribution is 5.69. The SMILES string of the molecule is CC(C)(C)OC(=O)CCCCCCOc1cc(CO)cc(CO)c1. The van der Waals surface area contributed by atoms with Crippen LogP contribution in [0.5, 0.6) is 5.75 Å². The lowest BCUT2D eigenvalue weighted by Gasteiger charge is -2.19. The molecular weight excluding hydrogens is 308 g/mol. The summed E-state index contributed by atoms with van der Waals surface area (Å²) in [6.45, 7) is 6.04. The Morgan fingerprint density at radius 2 is 1.54 bits per heavy atom. The van der Waals surface area contributed by atoms with Gasteiger partial charge >= 0.3 is 5.97 Å². The van der Waals surface area contributed by atoms with Crippen LogP contribution in [0.1, 0.15) is 64.0 Å². The first-order valence-corrected chi connectivity index (χ1v) is 8.53. The molecule has 0 saturated carbocycles. The Hall–Kier alpha value is -1.59. The number of aliphatic hydroxyl groups excluding tert-OH is 2. The maximum atomic E-state index is 11.6. The Kier molecular flexibility index (Phi) is 8.79. The van der Waals surface area contributed by atoms with Gasteiger partial charge in [-0.2, -0.15) is 0 Å². The third-order valence-electron chi connectivity index (χ3n) is 3.36. The summed E-state index contributed by atoms with van der Waals surface area (Å²) in [5, 5.41) is 18.4. The van der Waals surface area contributed by atoms with Crippen molar-refractivity contribution >= 4 is 5.97 Å². The van der Waals surface area contributed by atoms with Gasteiger partial charge in [0.05, 0.1) is 19.8 Å². The minimum absolute atomic E-state index is 0.0745. The summed E-state index contributed by atoms with van der Waals surface area (Å²) < 4.78 is 10.9. The van der Waals surface area contributed by atoms with Gasteiger partial charge in [0.25, 0.3) is 0 Å². The molecule has 1 rings (SSSR count). The topological polar surface area (TPSA) is 76.0 Å². The molecule has 0 radical (unpaired) electrons. The number of esters is 1. The Labute approximate surface area is 144 Å². The molecule has 0 amide bonds. The maximum absolute atomic E-state index is 11.6. The number of carbonyl (C=O) groups excluding carboxylic acids is 1. The molecule has 24 heavy (non-hydrogen) atoms. The number of aliphatic hydroxyl groups is 2. The van der Waals surface area contributed by atoms with Crippen LogP contribution in [0.25, 0.3) is 0 Å². The van der Waals surface area contributed by atoms with E-state index < -0.39 is 5.60 Å². The number of hydrogen-bond donors (Lipinski definition) is 2. The van der Waals surface area contributed by atoms with E-state index in [9.17, 15) is 15.0 Å². The van der Waals surface area contributed by atoms with E-state index in [2.05, 4.69) is 0 Å². The molecule has 0 fully saturated rings. The zero-order valence-corrected chi connectivity index (χ0v) is 15.0. The minimum Gasteiger partial charge on any atom is -0.494 e. The molecule has 136 valence electrons. The largest absolute Gasteiger partial charge is 0.494 e. The minimum atomic E-state index is -0.415. The van der Waals surface area contributed by atoms with E-state index in [0.717, 1.165) is 36.8 Å². The van der Waals surface area contributed by atoms with Crippen LogP contribution >= 0.6 is 0 Å². The lowest BCUT2D eigenvalue weighted by molar-refractivity contribution is -0.154. The second-order valence-corrected chi connectivity index (χ2v) is 6.90. The van der Waals surface area contributed by atoms with Crippen molar-refractivity contribution in [2.24, 2.45) is 0 Å². The smallest absolute Gasteiger partial charge is 0.306 e. The quantitative estimate of drug-likeness (QED) is 0.505. The molecule has 2 N–H and O–H groups in total. The molecule has 0 aromatic heterocycles. The molecule has 0 heterocycles. The van der Waals surface area contributed by atoms with Crippen molar-refractivity contribution in [3.05, 3.63) is 29.3 Å². The molecule has 5 nitrogen and oxygen atoms in total. The predicted molar refractivity (Wildman–Crippen MR) is 92.7 cm³/mol. The van der Waals surface area contributed by atoms with E-state index in [1.54, 1.807) is 18.2 Å². The monoisotopic (exact) mass is 338 g/mol. The van der Waals surface area contributed by atoms with Gasteiger partial charge in [-0.05, 0) is 56.9 Å². The van der Waals surface area contributed by atoms with Crippen LogP contribution in [0.15, 0.2) is 18.2 Å². The maximum Gasteiger partial charge on any atom is 0.306 e. The van der Waals surface area contributed by atoms with Gasteiger partial charge in [0.2, 0.25) is 0 Å². The lowest BCUT2D eigenvalue weighted by atomic mass is 10.1. The summed E-state index contributed by atoms with van der Waals surface area (Å²) in [6.07, 6.45) is 4.11. The van der Waals surface area contributed by atoms with Gasteiger partial charge in [-0.1, -0.05) is 18.9 Å². The highest BCUT2D eigenvalue weighted by Gasteiger charge is 2.15. The molecule has 0 spiro atoms. The van der Waals surface area contributed by atoms with Crippen LogP contribution in [0, 0.1) is 0 Å². The first kappa shape index (κ1) is 20.5. The fourth-order valence-electron chi connectivity index (χ4n) is 2.30. The standard InChI is InChI=1S/C19H30O5/c1-19(2,3)24-18(22)8-6-4-5-7-9-23-17-11-15(13-20)10-16(12-17)14-21/h10-12,20-21H,4-9,13-14H2,1-3H3. The van der Waals surface area contributed by atoms with E-state index in [0.29, 0.717) is 18.8 Å². The van der Waals surface area contributed by atoms with E-state index in [1.165, 1.54) is 0 Å². The first-order valence-electron chi connectivity index (χ1n) is 8.53. The fourth-order valence-corrected chi connectivity index (χ4v) is 2.30. The van der Waals surface area contributed by atoms with Gasteiger partial charge in [0.1, 0.15) is 11.4 Å². The Morgan fingerprint density at radius 3 is 2.08 bits per heavy atom. The average Bonchev–Trinajstić information content (AvgIpc) is 2.51. The number of benzene rings is 1. The number of hydrogen-bond acceptors (Lipinski definition) is 5. The van der Waals surface area contributed by atoms with E-state index in [-0.39, 0.29) is 19.2 Å². The number of rotatable bonds is 10. The molecule has 0 unspecified atom stereocenters. The van der Waals surface area contributed by atoms with Crippen molar-refractivity contribution in [3.8, 4) is 5.75 Å². The van der Waals surface area contributed by atoms with Crippen molar-refractivity contribution in [1.29, 1.82) is 0 Å². The Morgan fingerprint density at radius 1 is 0.958 bits per heavy atom. The molecule has 5 heteroatoms. The second-order valence-electron chi connectivity index (χ2n) is 6.90. The van der Waals surface area contributed by atoms with Crippen molar-refractivity contribution in [2.45, 2.75) is 71.7 Å². The third-order valence-corrected chi connectivity index (χ3v) is 3.36. The predicted octanol–water partition coefficient (Wildman–Crippen LogP) is 3.34. The van der Waals surface area contributed by atoms with Crippen molar-refractivity contribution in [3.63, 3.8) is 0 Å². The van der Waals surface area contributed by atoms with Crippen LogP contribution in [-0.2, 0) is 22.7 Å². The highest BCUT2D eigenvalue weighted by atomic mass is 16.6. The molecule has 0 aliphatic carbocycles. The summed E-state index contributed by atoms with van der Waals surface area (Å²) in [5.41, 5.74) is 1.05. The van der Waals surface area contributed by atoms with Gasteiger partial charge < -0.3 is 19.7 Å². The van der Waals surface area contributed by atoms with Crippen LogP contribution in [0.2, 0.25) is 0 Å². The first-order chi connectivity index (χ1) is 11.3. The van der Waals surface area contributed by atoms with Crippen LogP contribution in [0.3, 0.4) is 0 Å². The molecule has 0 atom stereocenters. The molecule has 0 bridgehead atoms. The van der Waals surface area contributed by atoms with Crippen molar-refractivity contribution < 1.29 is 24.5 Å². The van der Waals surface area contributed by atoms with Crippen LogP contribution < -0.4 is 4.74 Å². The van der Waals surface area contributed by atoms with E-state index >= 15 is 0 Å². The zero-order chi connectivity index (χ0) is 18.0. The van der Waals surface area contributed by atoms with Gasteiger partial charge in [-0.3, -0.25) is 4.79 Å². The molecule has 1 aromatic rings. The van der Waals surface area contributed by atoms with Crippen LogP contribution in [0.4, 0.5) is 0 Å². The molecule has 1 aromatic carbocycles. The highest BCUT2D eigenvalue weighted by Crippen LogP contribution is 2.18. The summed E-state index contributed by atoms with van der Waals surface area (Å²) in [5.74, 6) is 0.524. The summed E-state index contributed by atoms with van der Waals surface area (Å²) in [6, 6.07) is 5.31. The van der Waals surface area contributed by atoms with Gasteiger partial charge in [-0.25, -0.2) is 0 Å². The third kappa shape index (κ3) is 8.89. The summed E-state index contributed by atoms with van der Waals surface area (Å²) in [7, 11) is 0. The fraction of sp³-hybridized carbons (Fsp3) is 0.632. The number of unbranched alkanes of at least 4 members (excludes halogenated alkanes) is 3. The van der Waals surface area contributed by atoms with Crippen molar-refractivity contribution in [1.82, 2.24) is 0 Å². The molecule has 0 saturated heterocycles. The van der Waals surface area contributed by atoms with Gasteiger partial charge in [0.15, 0.2) is 0 Å². The van der Waals surface area contributed by atoms with Crippen LogP contribution in [-0.4, -0.2) is 28.4 Å². The molecule has 0 aliphatic heterocycles. The molecule has 0 aliphatic rings. The average molecular weight is 338 g/mol. The van der Waals surface area contributed by atoms with Gasteiger partial charge in [-0.15, -0.1) is 0 Å². The van der Waals surface area contributed by atoms with Gasteiger partial charge in [0, 0.05) is 6.42 Å². The number of carbonyl (C=O) groups is 1.